The summed E-state index contributed by atoms with van der Waals surface area (Å²) in [5, 5.41) is 8.92. The highest BCUT2D eigenvalue weighted by atomic mass is 16.5. The predicted molar refractivity (Wildman–Crippen MR) is 118 cm³/mol. The lowest BCUT2D eigenvalue weighted by Gasteiger charge is -2.09. The van der Waals surface area contributed by atoms with Crippen molar-refractivity contribution in [1.29, 1.82) is 0 Å². The summed E-state index contributed by atoms with van der Waals surface area (Å²) in [5.74, 6) is -0.0987. The Morgan fingerprint density at radius 3 is 1.59 bits per heavy atom. The molecule has 0 saturated carbocycles. The summed E-state index contributed by atoms with van der Waals surface area (Å²) in [6.07, 6.45) is 7.43. The van der Waals surface area contributed by atoms with Gasteiger partial charge in [0.2, 0.25) is 0 Å². The second-order valence-electron chi connectivity index (χ2n) is 7.75. The number of ether oxygens (including phenoxy) is 1. The van der Waals surface area contributed by atoms with Gasteiger partial charge < -0.3 is 9.84 Å². The summed E-state index contributed by atoms with van der Waals surface area (Å²) in [7, 11) is 0. The van der Waals surface area contributed by atoms with Crippen LogP contribution in [0.4, 0.5) is 0 Å². The number of carbonyl (C=O) groups excluding carboxylic acids is 1. The summed E-state index contributed by atoms with van der Waals surface area (Å²) < 4.78 is 5.21. The molecular formula is C24H42O3. The van der Waals surface area contributed by atoms with Crippen molar-refractivity contribution < 1.29 is 14.6 Å². The van der Waals surface area contributed by atoms with Crippen molar-refractivity contribution in [3.63, 3.8) is 0 Å². The van der Waals surface area contributed by atoms with Crippen LogP contribution in [0, 0.1) is 0 Å². The van der Waals surface area contributed by atoms with Crippen LogP contribution in [0.5, 0.6) is 0 Å². The van der Waals surface area contributed by atoms with E-state index in [1.54, 1.807) is 0 Å². The Morgan fingerprint density at radius 2 is 1.26 bits per heavy atom. The zero-order chi connectivity index (χ0) is 21.4. The number of hydrogen-bond acceptors (Lipinski definition) is 3. The second kappa shape index (κ2) is 16.6. The molecule has 3 heteroatoms. The van der Waals surface area contributed by atoms with E-state index in [2.05, 4.69) is 53.7 Å². The van der Waals surface area contributed by atoms with Crippen LogP contribution >= 0.6 is 0 Å². The van der Waals surface area contributed by atoms with E-state index in [4.69, 9.17) is 9.84 Å². The Hall–Kier alpha value is -1.61. The van der Waals surface area contributed by atoms with Gasteiger partial charge in [-0.1, -0.05) is 41.4 Å². The lowest BCUT2D eigenvalue weighted by Crippen LogP contribution is -2.07. The molecule has 0 radical (unpaired) electrons. The predicted octanol–water partition coefficient (Wildman–Crippen LogP) is 6.69. The lowest BCUT2D eigenvalue weighted by molar-refractivity contribution is -0.142. The van der Waals surface area contributed by atoms with Gasteiger partial charge in [-0.2, -0.15) is 0 Å². The van der Waals surface area contributed by atoms with Gasteiger partial charge in [0.1, 0.15) is 6.61 Å². The third kappa shape index (κ3) is 17.6. The molecule has 0 atom stereocenters. The van der Waals surface area contributed by atoms with Gasteiger partial charge >= 0.3 is 5.97 Å². The smallest absolute Gasteiger partial charge is 0.306 e. The lowest BCUT2D eigenvalue weighted by atomic mass is 10.1. The molecule has 1 N–H and O–H groups in total. The fraction of sp³-hybridized carbons (Fsp3) is 0.625. The minimum absolute atomic E-state index is 0.0987. The molecule has 0 aliphatic heterocycles. The molecule has 0 unspecified atom stereocenters. The largest absolute Gasteiger partial charge is 0.461 e. The molecule has 0 aromatic carbocycles. The first kappa shape index (κ1) is 27.6. The molecule has 0 bridgehead atoms. The molecule has 0 amide bonds. The maximum Gasteiger partial charge on any atom is 0.306 e. The summed E-state index contributed by atoms with van der Waals surface area (Å²) in [4.78, 5) is 11.2. The molecule has 156 valence electrons. The quantitative estimate of drug-likeness (QED) is 0.359. The highest BCUT2D eigenvalue weighted by Crippen LogP contribution is 2.12. The molecule has 0 aromatic heterocycles. The Kier molecular flexibility index (Phi) is 16.9. The van der Waals surface area contributed by atoms with E-state index < -0.39 is 0 Å². The second-order valence-corrected chi connectivity index (χ2v) is 7.75. The van der Waals surface area contributed by atoms with Crippen LogP contribution < -0.4 is 0 Å². The molecular weight excluding hydrogens is 336 g/mol. The highest BCUT2D eigenvalue weighted by Gasteiger charge is 2.04. The number of esters is 1. The van der Waals surface area contributed by atoms with Crippen LogP contribution in [0.15, 0.2) is 45.6 Å². The van der Waals surface area contributed by atoms with E-state index in [0.717, 1.165) is 24.8 Å². The topological polar surface area (TPSA) is 46.5 Å². The molecule has 0 fully saturated rings. The fourth-order valence-corrected chi connectivity index (χ4v) is 1.93. The monoisotopic (exact) mass is 378 g/mol. The molecule has 0 rings (SSSR count). The van der Waals surface area contributed by atoms with Crippen molar-refractivity contribution in [3.05, 3.63) is 45.6 Å². The van der Waals surface area contributed by atoms with Crippen LogP contribution in [-0.4, -0.2) is 24.3 Å². The van der Waals surface area contributed by atoms with Crippen molar-refractivity contribution in [2.75, 3.05) is 13.2 Å². The van der Waals surface area contributed by atoms with Gasteiger partial charge in [0, 0.05) is 6.42 Å². The van der Waals surface area contributed by atoms with E-state index in [9.17, 15) is 4.79 Å². The van der Waals surface area contributed by atoms with E-state index in [0.29, 0.717) is 13.0 Å². The molecule has 3 nitrogen and oxygen atoms in total. The zero-order valence-corrected chi connectivity index (χ0v) is 19.2. The number of aliphatic hydroxyl groups excluding tert-OH is 1. The minimum atomic E-state index is -0.0987. The molecule has 0 aromatic rings. The Labute approximate surface area is 167 Å². The third-order valence-electron chi connectivity index (χ3n) is 3.98. The number of hydrogen-bond donors (Lipinski definition) is 1. The van der Waals surface area contributed by atoms with Gasteiger partial charge in [0.25, 0.3) is 0 Å². The van der Waals surface area contributed by atoms with Crippen molar-refractivity contribution in [2.45, 2.75) is 88.0 Å². The summed E-state index contributed by atoms with van der Waals surface area (Å²) in [6, 6.07) is 0. The van der Waals surface area contributed by atoms with Crippen molar-refractivity contribution in [3.8, 4) is 0 Å². The average molecular weight is 379 g/mol. The number of rotatable bonds is 9. The van der Waals surface area contributed by atoms with Crippen LogP contribution in [0.2, 0.25) is 0 Å². The molecule has 0 heterocycles. The van der Waals surface area contributed by atoms with Crippen LogP contribution in [-0.2, 0) is 9.53 Å². The first-order valence-corrected chi connectivity index (χ1v) is 9.88. The molecule has 27 heavy (non-hydrogen) atoms. The van der Waals surface area contributed by atoms with Gasteiger partial charge in [0.05, 0.1) is 6.61 Å². The van der Waals surface area contributed by atoms with Crippen LogP contribution in [0.1, 0.15) is 88.0 Å². The number of allylic oxidation sites excluding steroid dienone is 6. The van der Waals surface area contributed by atoms with Crippen molar-refractivity contribution in [1.82, 2.24) is 0 Å². The van der Waals surface area contributed by atoms with Gasteiger partial charge in [-0.05, 0) is 85.8 Å². The van der Waals surface area contributed by atoms with Crippen molar-refractivity contribution in [2.24, 2.45) is 0 Å². The molecule has 0 spiro atoms. The standard InChI is InChI=1S/C14H24O2.C10H18O/c1-6-7-14(15)16-10-13(12(4)5)9-8-11(2)3;1-8(2)5-6-10(7-11)9(3)4/h8H,6-7,9-10H2,1-5H3;5,11H,6-7H2,1-4H3. The first-order valence-electron chi connectivity index (χ1n) is 9.88. The average Bonchev–Trinajstić information content (AvgIpc) is 2.55. The van der Waals surface area contributed by atoms with Crippen molar-refractivity contribution >= 4 is 5.97 Å². The Morgan fingerprint density at radius 1 is 0.815 bits per heavy atom. The van der Waals surface area contributed by atoms with Gasteiger partial charge in [0.15, 0.2) is 0 Å². The van der Waals surface area contributed by atoms with Crippen LogP contribution in [0.25, 0.3) is 0 Å². The van der Waals surface area contributed by atoms with Gasteiger partial charge in [-0.15, -0.1) is 0 Å². The van der Waals surface area contributed by atoms with Crippen LogP contribution in [0.3, 0.4) is 0 Å². The van der Waals surface area contributed by atoms with Gasteiger partial charge in [-0.25, -0.2) is 0 Å². The SMILES string of the molecule is CC(C)=CCC(CO)=C(C)C.CCCC(=O)OCC(CC=C(C)C)=C(C)C. The Balaban J connectivity index is 0. The highest BCUT2D eigenvalue weighted by molar-refractivity contribution is 5.69. The number of aliphatic hydroxyl groups is 1. The zero-order valence-electron chi connectivity index (χ0n) is 19.2. The maximum absolute atomic E-state index is 11.2. The normalized spacial score (nSPS) is 9.41. The fourth-order valence-electron chi connectivity index (χ4n) is 1.93. The summed E-state index contributed by atoms with van der Waals surface area (Å²) >= 11 is 0. The van der Waals surface area contributed by atoms with Gasteiger partial charge in [-0.3, -0.25) is 4.79 Å². The molecule has 0 aliphatic carbocycles. The summed E-state index contributed by atoms with van der Waals surface area (Å²) in [6.45, 7) is 19.1. The number of carbonyl (C=O) groups is 1. The maximum atomic E-state index is 11.2. The van der Waals surface area contributed by atoms with E-state index in [1.165, 1.54) is 27.9 Å². The minimum Gasteiger partial charge on any atom is -0.461 e. The van der Waals surface area contributed by atoms with E-state index in [1.807, 2.05) is 20.8 Å². The summed E-state index contributed by atoms with van der Waals surface area (Å²) in [5.41, 5.74) is 7.39. The van der Waals surface area contributed by atoms with E-state index >= 15 is 0 Å². The molecule has 0 saturated heterocycles. The Bertz CT molecular complexity index is 544. The molecule has 0 aliphatic rings. The third-order valence-corrected chi connectivity index (χ3v) is 3.98. The van der Waals surface area contributed by atoms with E-state index in [-0.39, 0.29) is 12.6 Å². The first-order chi connectivity index (χ1) is 12.5.